The van der Waals surface area contributed by atoms with Crippen LogP contribution in [0, 0.1) is 11.3 Å². The molecule has 1 saturated heterocycles. The van der Waals surface area contributed by atoms with E-state index in [2.05, 4.69) is 46.1 Å². The fourth-order valence-electron chi connectivity index (χ4n) is 2.25. The summed E-state index contributed by atoms with van der Waals surface area (Å²) in [6.45, 7) is 7.21. The van der Waals surface area contributed by atoms with E-state index in [1.165, 1.54) is 0 Å². The number of nitrogens with one attached hydrogen (secondary N) is 1. The van der Waals surface area contributed by atoms with Gasteiger partial charge in [0, 0.05) is 29.6 Å². The molecular weight excluding hydrogens is 278 g/mol. The van der Waals surface area contributed by atoms with Gasteiger partial charge in [0.05, 0.1) is 11.3 Å². The first-order valence-electron chi connectivity index (χ1n) is 5.72. The molecule has 0 saturated carbocycles. The molecule has 90 valence electrons. The van der Waals surface area contributed by atoms with E-state index < -0.39 is 0 Å². The highest BCUT2D eigenvalue weighted by Gasteiger charge is 2.31. The summed E-state index contributed by atoms with van der Waals surface area (Å²) < 4.78 is 1.01. The number of hydrogen-bond acceptors (Lipinski definition) is 3. The Labute approximate surface area is 111 Å². The van der Waals surface area contributed by atoms with Gasteiger partial charge in [-0.25, -0.2) is 0 Å². The highest BCUT2D eigenvalue weighted by molar-refractivity contribution is 9.10. The first-order chi connectivity index (χ1) is 8.04. The highest BCUT2D eigenvalue weighted by atomic mass is 79.9. The number of benzene rings is 1. The topological polar surface area (TPSA) is 39.1 Å². The average Bonchev–Trinajstić information content (AvgIpc) is 2.28. The number of piperazine rings is 1. The van der Waals surface area contributed by atoms with Crippen LogP contribution < -0.4 is 10.2 Å². The molecule has 0 aliphatic carbocycles. The molecule has 4 heteroatoms. The van der Waals surface area contributed by atoms with E-state index in [1.807, 2.05) is 18.2 Å². The summed E-state index contributed by atoms with van der Waals surface area (Å²) in [6, 6.07) is 8.09. The summed E-state index contributed by atoms with van der Waals surface area (Å²) >= 11 is 3.48. The third kappa shape index (κ3) is 2.46. The van der Waals surface area contributed by atoms with Crippen LogP contribution in [0.3, 0.4) is 0 Å². The van der Waals surface area contributed by atoms with Crippen molar-refractivity contribution >= 4 is 21.6 Å². The number of nitrogens with zero attached hydrogens (tertiary/aromatic N) is 2. The lowest BCUT2D eigenvalue weighted by molar-refractivity contribution is 0.380. The van der Waals surface area contributed by atoms with Gasteiger partial charge >= 0.3 is 0 Å². The molecule has 2 rings (SSSR count). The van der Waals surface area contributed by atoms with Gasteiger partial charge in [0.15, 0.2) is 0 Å². The molecule has 17 heavy (non-hydrogen) atoms. The van der Waals surface area contributed by atoms with Crippen molar-refractivity contribution in [1.82, 2.24) is 5.32 Å². The zero-order valence-corrected chi connectivity index (χ0v) is 11.7. The molecule has 0 bridgehead atoms. The predicted molar refractivity (Wildman–Crippen MR) is 73.2 cm³/mol. The molecule has 0 aromatic heterocycles. The summed E-state index contributed by atoms with van der Waals surface area (Å²) in [5.41, 5.74) is 1.79. The van der Waals surface area contributed by atoms with Crippen LogP contribution in [0.1, 0.15) is 19.4 Å². The van der Waals surface area contributed by atoms with E-state index in [-0.39, 0.29) is 5.54 Å². The number of rotatable bonds is 1. The number of halogens is 1. The number of hydrogen-bond donors (Lipinski definition) is 1. The van der Waals surface area contributed by atoms with Gasteiger partial charge in [0.2, 0.25) is 0 Å². The lowest BCUT2D eigenvalue weighted by Gasteiger charge is -2.44. The van der Waals surface area contributed by atoms with Gasteiger partial charge < -0.3 is 10.2 Å². The van der Waals surface area contributed by atoms with E-state index in [9.17, 15) is 5.26 Å². The molecule has 0 amide bonds. The molecule has 1 aliphatic rings. The van der Waals surface area contributed by atoms with Gasteiger partial charge in [-0.1, -0.05) is 15.9 Å². The van der Waals surface area contributed by atoms with E-state index >= 15 is 0 Å². The van der Waals surface area contributed by atoms with Crippen molar-refractivity contribution in [3.63, 3.8) is 0 Å². The van der Waals surface area contributed by atoms with E-state index in [4.69, 9.17) is 0 Å². The molecule has 1 fully saturated rings. The molecule has 1 aromatic rings. The summed E-state index contributed by atoms with van der Waals surface area (Å²) in [5, 5.41) is 12.6. The fourth-order valence-corrected chi connectivity index (χ4v) is 2.60. The SMILES string of the molecule is CC1(C)CNCCN1c1cc(Br)ccc1C#N. The van der Waals surface area contributed by atoms with Crippen molar-refractivity contribution in [3.05, 3.63) is 28.2 Å². The lowest BCUT2D eigenvalue weighted by atomic mass is 9.98. The Balaban J connectivity index is 2.45. The van der Waals surface area contributed by atoms with Crippen LogP contribution in [0.15, 0.2) is 22.7 Å². The van der Waals surface area contributed by atoms with Crippen molar-refractivity contribution in [2.24, 2.45) is 0 Å². The molecule has 1 aromatic carbocycles. The maximum atomic E-state index is 9.20. The van der Waals surface area contributed by atoms with Gasteiger partial charge in [-0.2, -0.15) is 5.26 Å². The first-order valence-corrected chi connectivity index (χ1v) is 6.52. The van der Waals surface area contributed by atoms with Crippen molar-refractivity contribution in [2.75, 3.05) is 24.5 Å². The molecular formula is C13H16BrN3. The zero-order chi connectivity index (χ0) is 12.5. The number of nitriles is 1. The highest BCUT2D eigenvalue weighted by Crippen LogP contribution is 2.30. The normalized spacial score (nSPS) is 18.8. The smallest absolute Gasteiger partial charge is 0.101 e. The third-order valence-electron chi connectivity index (χ3n) is 3.17. The Bertz CT molecular complexity index is 462. The maximum Gasteiger partial charge on any atom is 0.101 e. The van der Waals surface area contributed by atoms with E-state index in [0.29, 0.717) is 0 Å². The Morgan fingerprint density at radius 2 is 2.24 bits per heavy atom. The van der Waals surface area contributed by atoms with Crippen molar-refractivity contribution in [1.29, 1.82) is 5.26 Å². The monoisotopic (exact) mass is 293 g/mol. The quantitative estimate of drug-likeness (QED) is 0.865. The van der Waals surface area contributed by atoms with Gasteiger partial charge in [-0.3, -0.25) is 0 Å². The summed E-state index contributed by atoms with van der Waals surface area (Å²) in [7, 11) is 0. The van der Waals surface area contributed by atoms with Crippen LogP contribution in [0.4, 0.5) is 5.69 Å². The predicted octanol–water partition coefficient (Wildman–Crippen LogP) is 2.51. The molecule has 0 atom stereocenters. The second-order valence-corrected chi connectivity index (χ2v) is 5.83. The minimum atomic E-state index is 0.0324. The van der Waals surface area contributed by atoms with Gasteiger partial charge in [0.25, 0.3) is 0 Å². The van der Waals surface area contributed by atoms with Crippen molar-refractivity contribution < 1.29 is 0 Å². The van der Waals surface area contributed by atoms with Crippen molar-refractivity contribution in [2.45, 2.75) is 19.4 Å². The van der Waals surface area contributed by atoms with E-state index in [1.54, 1.807) is 0 Å². The van der Waals surface area contributed by atoms with Gasteiger partial charge in [-0.05, 0) is 32.0 Å². The molecule has 1 N–H and O–H groups in total. The molecule has 0 unspecified atom stereocenters. The van der Waals surface area contributed by atoms with Gasteiger partial charge in [-0.15, -0.1) is 0 Å². The van der Waals surface area contributed by atoms with Crippen LogP contribution >= 0.6 is 15.9 Å². The van der Waals surface area contributed by atoms with Gasteiger partial charge in [0.1, 0.15) is 6.07 Å². The lowest BCUT2D eigenvalue weighted by Crippen LogP contribution is -2.58. The van der Waals surface area contributed by atoms with Crippen LogP contribution in [0.2, 0.25) is 0 Å². The molecule has 1 heterocycles. The summed E-state index contributed by atoms with van der Waals surface area (Å²) in [6.07, 6.45) is 0. The average molecular weight is 294 g/mol. The summed E-state index contributed by atoms with van der Waals surface area (Å²) in [5.74, 6) is 0. The second kappa shape index (κ2) is 4.67. The first kappa shape index (κ1) is 12.4. The standard InChI is InChI=1S/C13H16BrN3/c1-13(2)9-16-5-6-17(13)12-7-11(14)4-3-10(12)8-15/h3-4,7,16H,5-6,9H2,1-2H3. The van der Waals surface area contributed by atoms with E-state index in [0.717, 1.165) is 35.4 Å². The minimum Gasteiger partial charge on any atom is -0.363 e. The third-order valence-corrected chi connectivity index (χ3v) is 3.66. The maximum absolute atomic E-state index is 9.20. The number of anilines is 1. The largest absolute Gasteiger partial charge is 0.363 e. The molecule has 1 aliphatic heterocycles. The zero-order valence-electron chi connectivity index (χ0n) is 10.1. The summed E-state index contributed by atoms with van der Waals surface area (Å²) in [4.78, 5) is 2.31. The Morgan fingerprint density at radius 1 is 1.47 bits per heavy atom. The van der Waals surface area contributed by atoms with Crippen LogP contribution in [0.5, 0.6) is 0 Å². The molecule has 0 radical (unpaired) electrons. The van der Waals surface area contributed by atoms with Crippen LogP contribution in [-0.4, -0.2) is 25.2 Å². The molecule has 0 spiro atoms. The van der Waals surface area contributed by atoms with Crippen molar-refractivity contribution in [3.8, 4) is 6.07 Å². The Kier molecular flexibility index (Phi) is 3.41. The molecule has 3 nitrogen and oxygen atoms in total. The van der Waals surface area contributed by atoms with Crippen LogP contribution in [0.25, 0.3) is 0 Å². The minimum absolute atomic E-state index is 0.0324. The van der Waals surface area contributed by atoms with Crippen LogP contribution in [-0.2, 0) is 0 Å². The Hall–Kier alpha value is -1.05. The second-order valence-electron chi connectivity index (χ2n) is 4.91. The Morgan fingerprint density at radius 3 is 2.88 bits per heavy atom. The fraction of sp³-hybridized carbons (Fsp3) is 0.462.